The van der Waals surface area contributed by atoms with Crippen molar-refractivity contribution in [3.8, 4) is 17.6 Å². The number of hydrogen-bond donors (Lipinski definition) is 0. The van der Waals surface area contributed by atoms with Crippen molar-refractivity contribution in [2.24, 2.45) is 0 Å². The van der Waals surface area contributed by atoms with Gasteiger partial charge in [-0.15, -0.1) is 0 Å². The second kappa shape index (κ2) is 8.42. The Balaban J connectivity index is 1.96. The zero-order valence-corrected chi connectivity index (χ0v) is 13.9. The Morgan fingerprint density at radius 1 is 1.26 bits per heavy atom. The third-order valence-electron chi connectivity index (χ3n) is 4.24. The van der Waals surface area contributed by atoms with Gasteiger partial charge >= 0.3 is 0 Å². The van der Waals surface area contributed by atoms with Crippen molar-refractivity contribution in [3.05, 3.63) is 23.8 Å². The van der Waals surface area contributed by atoms with E-state index >= 15 is 0 Å². The average Bonchev–Trinajstić information content (AvgIpc) is 2.60. The Bertz CT molecular complexity index is 574. The summed E-state index contributed by atoms with van der Waals surface area (Å²) in [6, 6.07) is 7.37. The Kier molecular flexibility index (Phi) is 6.28. The number of nitrogens with zero attached hydrogens (tertiary/aromatic N) is 2. The van der Waals surface area contributed by atoms with Crippen LogP contribution in [0.5, 0.6) is 11.5 Å². The van der Waals surface area contributed by atoms with E-state index in [1.807, 2.05) is 18.9 Å². The number of nitriles is 1. The molecule has 0 unspecified atom stereocenters. The summed E-state index contributed by atoms with van der Waals surface area (Å²) >= 11 is 0. The Hall–Kier alpha value is -2.22. The van der Waals surface area contributed by atoms with E-state index in [4.69, 9.17) is 14.7 Å². The van der Waals surface area contributed by atoms with Crippen LogP contribution in [0.3, 0.4) is 0 Å². The van der Waals surface area contributed by atoms with E-state index in [1.165, 1.54) is 19.3 Å². The highest BCUT2D eigenvalue weighted by atomic mass is 16.5. The summed E-state index contributed by atoms with van der Waals surface area (Å²) in [7, 11) is 1.85. The lowest BCUT2D eigenvalue weighted by molar-refractivity contribution is -0.134. The zero-order valence-electron chi connectivity index (χ0n) is 13.9. The standard InChI is InChI=1S/C18H24N2O3/c1-3-22-17-11-14(12-19)9-10-16(17)23-13-18(21)20(2)15-7-5-4-6-8-15/h9-11,15H,3-8,13H2,1-2H3. The number of ether oxygens (including phenoxy) is 2. The normalized spacial score (nSPS) is 14.8. The number of benzene rings is 1. The maximum atomic E-state index is 12.3. The van der Waals surface area contributed by atoms with Crippen LogP contribution in [0, 0.1) is 11.3 Å². The number of hydrogen-bond acceptors (Lipinski definition) is 4. The third kappa shape index (κ3) is 4.62. The van der Waals surface area contributed by atoms with Crippen molar-refractivity contribution in [1.82, 2.24) is 4.90 Å². The fraction of sp³-hybridized carbons (Fsp3) is 0.556. The Labute approximate surface area is 137 Å². The first-order chi connectivity index (χ1) is 11.2. The lowest BCUT2D eigenvalue weighted by Crippen LogP contribution is -2.40. The topological polar surface area (TPSA) is 62.6 Å². The molecule has 1 aliphatic rings. The maximum absolute atomic E-state index is 12.3. The second-order valence-electron chi connectivity index (χ2n) is 5.79. The van der Waals surface area contributed by atoms with E-state index in [0.29, 0.717) is 29.7 Å². The van der Waals surface area contributed by atoms with Crippen LogP contribution < -0.4 is 9.47 Å². The molecule has 23 heavy (non-hydrogen) atoms. The Morgan fingerprint density at radius 3 is 2.65 bits per heavy atom. The van der Waals surface area contributed by atoms with Gasteiger partial charge in [-0.25, -0.2) is 0 Å². The molecule has 0 bridgehead atoms. The first kappa shape index (κ1) is 17.1. The first-order valence-corrected chi connectivity index (χ1v) is 8.21. The molecule has 1 aromatic carbocycles. The van der Waals surface area contributed by atoms with E-state index in [9.17, 15) is 4.79 Å². The van der Waals surface area contributed by atoms with E-state index in [1.54, 1.807) is 18.2 Å². The molecule has 1 amide bonds. The predicted molar refractivity (Wildman–Crippen MR) is 87.5 cm³/mol. The van der Waals surface area contributed by atoms with Crippen molar-refractivity contribution in [1.29, 1.82) is 5.26 Å². The molecule has 5 nitrogen and oxygen atoms in total. The minimum atomic E-state index is -0.0243. The average molecular weight is 316 g/mol. The van der Waals surface area contributed by atoms with Gasteiger partial charge in [0.1, 0.15) is 0 Å². The smallest absolute Gasteiger partial charge is 0.260 e. The molecule has 0 spiro atoms. The van der Waals surface area contributed by atoms with Crippen LogP contribution in [0.4, 0.5) is 0 Å². The number of carbonyl (C=O) groups is 1. The van der Waals surface area contributed by atoms with Gasteiger partial charge in [-0.2, -0.15) is 5.26 Å². The fourth-order valence-electron chi connectivity index (χ4n) is 2.88. The number of carbonyl (C=O) groups excluding carboxylic acids is 1. The van der Waals surface area contributed by atoms with Crippen molar-refractivity contribution in [3.63, 3.8) is 0 Å². The van der Waals surface area contributed by atoms with Crippen molar-refractivity contribution >= 4 is 5.91 Å². The molecule has 0 aromatic heterocycles. The number of rotatable bonds is 6. The summed E-state index contributed by atoms with van der Waals surface area (Å²) < 4.78 is 11.1. The van der Waals surface area contributed by atoms with Crippen LogP contribution in [0.2, 0.25) is 0 Å². The van der Waals surface area contributed by atoms with E-state index in [0.717, 1.165) is 12.8 Å². The van der Waals surface area contributed by atoms with Crippen LogP contribution >= 0.6 is 0 Å². The molecule has 5 heteroatoms. The predicted octanol–water partition coefficient (Wildman–Crippen LogP) is 3.13. The van der Waals surface area contributed by atoms with Gasteiger partial charge in [0.15, 0.2) is 18.1 Å². The lowest BCUT2D eigenvalue weighted by Gasteiger charge is -2.31. The van der Waals surface area contributed by atoms with Crippen LogP contribution in [0.15, 0.2) is 18.2 Å². The van der Waals surface area contributed by atoms with Gasteiger partial charge in [-0.1, -0.05) is 19.3 Å². The summed E-state index contributed by atoms with van der Waals surface area (Å²) in [6.07, 6.45) is 5.78. The highest BCUT2D eigenvalue weighted by molar-refractivity contribution is 5.78. The van der Waals surface area contributed by atoms with Crippen LogP contribution in [0.25, 0.3) is 0 Å². The molecule has 0 heterocycles. The monoisotopic (exact) mass is 316 g/mol. The van der Waals surface area contributed by atoms with Gasteiger partial charge < -0.3 is 14.4 Å². The largest absolute Gasteiger partial charge is 0.490 e. The fourth-order valence-corrected chi connectivity index (χ4v) is 2.88. The molecule has 1 aromatic rings. The summed E-state index contributed by atoms with van der Waals surface area (Å²) in [5.74, 6) is 0.972. The summed E-state index contributed by atoms with van der Waals surface area (Å²) in [6.45, 7) is 2.32. The van der Waals surface area contributed by atoms with Crippen molar-refractivity contribution in [2.75, 3.05) is 20.3 Å². The molecular formula is C18H24N2O3. The SMILES string of the molecule is CCOc1cc(C#N)ccc1OCC(=O)N(C)C1CCCCC1. The van der Waals surface area contributed by atoms with Crippen LogP contribution in [-0.2, 0) is 4.79 Å². The third-order valence-corrected chi connectivity index (χ3v) is 4.24. The molecule has 0 aliphatic heterocycles. The molecule has 1 aliphatic carbocycles. The molecule has 124 valence electrons. The minimum absolute atomic E-state index is 0.0149. The molecular weight excluding hydrogens is 292 g/mol. The van der Waals surface area contributed by atoms with E-state index < -0.39 is 0 Å². The van der Waals surface area contributed by atoms with Gasteiger partial charge in [0.05, 0.1) is 18.2 Å². The molecule has 0 saturated heterocycles. The number of amides is 1. The minimum Gasteiger partial charge on any atom is -0.490 e. The molecule has 0 radical (unpaired) electrons. The second-order valence-corrected chi connectivity index (χ2v) is 5.79. The van der Waals surface area contributed by atoms with Crippen LogP contribution in [0.1, 0.15) is 44.6 Å². The van der Waals surface area contributed by atoms with E-state index in [2.05, 4.69) is 6.07 Å². The summed E-state index contributed by atoms with van der Waals surface area (Å²) in [4.78, 5) is 14.1. The first-order valence-electron chi connectivity index (χ1n) is 8.21. The lowest BCUT2D eigenvalue weighted by atomic mass is 9.94. The van der Waals surface area contributed by atoms with Crippen molar-refractivity contribution < 1.29 is 14.3 Å². The molecule has 0 N–H and O–H groups in total. The molecule has 2 rings (SSSR count). The summed E-state index contributed by atoms with van der Waals surface area (Å²) in [5, 5.41) is 8.95. The quantitative estimate of drug-likeness (QED) is 0.809. The zero-order chi connectivity index (χ0) is 16.7. The van der Waals surface area contributed by atoms with Gasteiger partial charge in [0.25, 0.3) is 5.91 Å². The van der Waals surface area contributed by atoms with Gasteiger partial charge in [-0.3, -0.25) is 4.79 Å². The molecule has 0 atom stereocenters. The van der Waals surface area contributed by atoms with Crippen LogP contribution in [-0.4, -0.2) is 37.1 Å². The molecule has 1 saturated carbocycles. The molecule has 1 fully saturated rings. The Morgan fingerprint density at radius 2 is 2.00 bits per heavy atom. The van der Waals surface area contributed by atoms with Gasteiger partial charge in [0.2, 0.25) is 0 Å². The van der Waals surface area contributed by atoms with Gasteiger partial charge in [-0.05, 0) is 31.9 Å². The summed E-state index contributed by atoms with van der Waals surface area (Å²) in [5.41, 5.74) is 0.506. The van der Waals surface area contributed by atoms with E-state index in [-0.39, 0.29) is 12.5 Å². The number of likely N-dealkylation sites (N-methyl/N-ethyl adjacent to an activating group) is 1. The maximum Gasteiger partial charge on any atom is 0.260 e. The highest BCUT2D eigenvalue weighted by Gasteiger charge is 2.22. The van der Waals surface area contributed by atoms with Gasteiger partial charge in [0, 0.05) is 19.2 Å². The highest BCUT2D eigenvalue weighted by Crippen LogP contribution is 2.28. The van der Waals surface area contributed by atoms with Crippen molar-refractivity contribution in [2.45, 2.75) is 45.1 Å².